The van der Waals surface area contributed by atoms with Gasteiger partial charge in [-0.25, -0.2) is 8.42 Å². The van der Waals surface area contributed by atoms with Crippen LogP contribution >= 0.6 is 0 Å². The minimum atomic E-state index is -3.21. The van der Waals surface area contributed by atoms with E-state index in [-0.39, 0.29) is 5.25 Å². The van der Waals surface area contributed by atoms with E-state index in [1.807, 2.05) is 32.0 Å². The molecule has 2 fully saturated rings. The first-order valence-corrected chi connectivity index (χ1v) is 12.0. The number of hydrogen-bond acceptors (Lipinski definition) is 5. The molecule has 0 aliphatic carbocycles. The molecule has 0 amide bonds. The lowest BCUT2D eigenvalue weighted by Crippen LogP contribution is -2.48. The topological polar surface area (TPSA) is 52.7 Å². The van der Waals surface area contributed by atoms with Gasteiger partial charge in [-0.15, -0.1) is 0 Å². The first-order valence-electron chi connectivity index (χ1n) is 10.5. The molecular weight excluding hydrogens is 358 g/mol. The highest BCUT2D eigenvalue weighted by Crippen LogP contribution is 2.24. The Bertz CT molecular complexity index is 662. The van der Waals surface area contributed by atoms with E-state index in [4.69, 9.17) is 0 Å². The van der Waals surface area contributed by atoms with Gasteiger partial charge in [-0.1, -0.05) is 19.9 Å². The lowest BCUT2D eigenvalue weighted by molar-refractivity contribution is 0.196. The van der Waals surface area contributed by atoms with E-state index < -0.39 is 9.84 Å². The maximum absolute atomic E-state index is 12.4. The van der Waals surface area contributed by atoms with Crippen molar-refractivity contribution in [3.05, 3.63) is 24.3 Å². The smallest absolute Gasteiger partial charge is 0.180 e. The van der Waals surface area contributed by atoms with Crippen LogP contribution in [0.5, 0.6) is 0 Å². The summed E-state index contributed by atoms with van der Waals surface area (Å²) in [5.74, 6) is 0.826. The second kappa shape index (κ2) is 10.4. The number of sulfone groups is 1. The van der Waals surface area contributed by atoms with Gasteiger partial charge >= 0.3 is 0 Å². The first-order chi connectivity index (χ1) is 13.0. The van der Waals surface area contributed by atoms with Crippen LogP contribution in [0.4, 0.5) is 5.69 Å². The van der Waals surface area contributed by atoms with Gasteiger partial charge in [0.25, 0.3) is 0 Å². The molecular formula is C21H37N3O2S. The molecule has 1 aromatic rings. The van der Waals surface area contributed by atoms with Crippen molar-refractivity contribution in [2.24, 2.45) is 5.92 Å². The van der Waals surface area contributed by atoms with Crippen molar-refractivity contribution >= 4 is 15.5 Å². The largest absolute Gasteiger partial charge is 0.369 e. The molecule has 0 spiro atoms. The molecule has 0 atom stereocenters. The van der Waals surface area contributed by atoms with E-state index in [2.05, 4.69) is 15.1 Å². The van der Waals surface area contributed by atoms with Gasteiger partial charge in [-0.05, 0) is 63.9 Å². The number of anilines is 1. The first kappa shape index (κ1) is 22.2. The van der Waals surface area contributed by atoms with Crippen LogP contribution in [0.25, 0.3) is 0 Å². The summed E-state index contributed by atoms with van der Waals surface area (Å²) in [6, 6.07) is 7.46. The van der Waals surface area contributed by atoms with Gasteiger partial charge in [0, 0.05) is 38.4 Å². The molecule has 27 heavy (non-hydrogen) atoms. The Labute approximate surface area is 166 Å². The fourth-order valence-corrected chi connectivity index (χ4v) is 4.85. The number of hydrogen-bond donors (Lipinski definition) is 1. The van der Waals surface area contributed by atoms with Crippen molar-refractivity contribution in [3.63, 3.8) is 0 Å². The highest BCUT2D eigenvalue weighted by molar-refractivity contribution is 7.92. The van der Waals surface area contributed by atoms with Crippen molar-refractivity contribution in [2.75, 3.05) is 50.7 Å². The van der Waals surface area contributed by atoms with Crippen LogP contribution in [-0.4, -0.2) is 64.4 Å². The fraction of sp³-hybridized carbons (Fsp3) is 0.714. The Morgan fingerprint density at radius 2 is 1.70 bits per heavy atom. The molecule has 2 saturated heterocycles. The minimum absolute atomic E-state index is 0.385. The number of piperidine rings is 1. The highest BCUT2D eigenvalue weighted by atomic mass is 32.2. The van der Waals surface area contributed by atoms with Gasteiger partial charge in [-0.3, -0.25) is 4.90 Å². The molecule has 5 nitrogen and oxygen atoms in total. The second-order valence-corrected chi connectivity index (χ2v) is 10.1. The van der Waals surface area contributed by atoms with E-state index in [9.17, 15) is 8.42 Å². The summed E-state index contributed by atoms with van der Waals surface area (Å²) < 4.78 is 24.8. The Morgan fingerprint density at radius 1 is 1.07 bits per heavy atom. The third kappa shape index (κ3) is 5.93. The molecule has 154 valence electrons. The quantitative estimate of drug-likeness (QED) is 0.831. The summed E-state index contributed by atoms with van der Waals surface area (Å²) in [6.07, 6.45) is 2.57. The molecule has 0 aromatic heterocycles. The number of nitrogens with one attached hydrogen (secondary N) is 1. The third-order valence-electron chi connectivity index (χ3n) is 5.48. The van der Waals surface area contributed by atoms with Gasteiger partial charge in [0.1, 0.15) is 0 Å². The number of piperazine rings is 1. The number of benzene rings is 1. The number of nitrogens with zero attached hydrogens (tertiary/aromatic N) is 2. The van der Waals surface area contributed by atoms with Crippen LogP contribution in [0.15, 0.2) is 29.2 Å². The molecule has 2 aliphatic rings. The maximum Gasteiger partial charge on any atom is 0.180 e. The van der Waals surface area contributed by atoms with Gasteiger partial charge < -0.3 is 10.2 Å². The maximum atomic E-state index is 12.4. The van der Waals surface area contributed by atoms with Crippen LogP contribution in [-0.2, 0) is 9.84 Å². The lowest BCUT2D eigenvalue weighted by atomic mass is 9.97. The summed E-state index contributed by atoms with van der Waals surface area (Å²) in [7, 11) is -3.21. The van der Waals surface area contributed by atoms with Gasteiger partial charge in [0.15, 0.2) is 9.84 Å². The molecule has 2 aliphatic heterocycles. The summed E-state index contributed by atoms with van der Waals surface area (Å²) in [5.41, 5.74) is 1.03. The van der Waals surface area contributed by atoms with Crippen molar-refractivity contribution in [1.82, 2.24) is 10.2 Å². The lowest BCUT2D eigenvalue weighted by Gasteiger charge is -2.38. The van der Waals surface area contributed by atoms with Crippen LogP contribution in [0, 0.1) is 5.92 Å². The van der Waals surface area contributed by atoms with E-state index in [1.54, 1.807) is 19.9 Å². The Morgan fingerprint density at radius 3 is 2.30 bits per heavy atom. The SMILES string of the molecule is CC.CC(C)S(=O)(=O)c1cccc(N2CCN(CC3CCNCC3)CC2)c1. The predicted octanol–water partition coefficient (Wildman–Crippen LogP) is 3.02. The van der Waals surface area contributed by atoms with Crippen LogP contribution in [0.1, 0.15) is 40.5 Å². The molecule has 3 rings (SSSR count). The molecule has 0 unspecified atom stereocenters. The molecule has 0 bridgehead atoms. The monoisotopic (exact) mass is 395 g/mol. The van der Waals surface area contributed by atoms with Crippen LogP contribution in [0.3, 0.4) is 0 Å². The van der Waals surface area contributed by atoms with Crippen LogP contribution < -0.4 is 10.2 Å². The van der Waals surface area contributed by atoms with E-state index >= 15 is 0 Å². The molecule has 2 heterocycles. The zero-order chi connectivity index (χ0) is 19.9. The van der Waals surface area contributed by atoms with Crippen LogP contribution in [0.2, 0.25) is 0 Å². The third-order valence-corrected chi connectivity index (χ3v) is 7.63. The average Bonchev–Trinajstić information content (AvgIpc) is 2.71. The molecule has 1 aromatic carbocycles. The summed E-state index contributed by atoms with van der Waals surface area (Å²) >= 11 is 0. The Kier molecular flexibility index (Phi) is 8.58. The highest BCUT2D eigenvalue weighted by Gasteiger charge is 2.23. The summed E-state index contributed by atoms with van der Waals surface area (Å²) in [6.45, 7) is 15.0. The van der Waals surface area contributed by atoms with Crippen molar-refractivity contribution in [1.29, 1.82) is 0 Å². The number of rotatable bonds is 5. The molecule has 6 heteroatoms. The second-order valence-electron chi connectivity index (χ2n) is 7.57. The fourth-order valence-electron chi connectivity index (χ4n) is 3.75. The zero-order valence-electron chi connectivity index (χ0n) is 17.4. The van der Waals surface area contributed by atoms with Gasteiger partial charge in [0.2, 0.25) is 0 Å². The van der Waals surface area contributed by atoms with Crippen molar-refractivity contribution < 1.29 is 8.42 Å². The standard InChI is InChI=1S/C19H31N3O2S.C2H6/c1-16(2)25(23,24)19-5-3-4-18(14-19)22-12-10-21(11-13-22)15-17-6-8-20-9-7-17;1-2/h3-5,14,16-17,20H,6-13,15H2,1-2H3;1-2H3. The minimum Gasteiger partial charge on any atom is -0.369 e. The predicted molar refractivity (Wildman–Crippen MR) is 114 cm³/mol. The summed E-state index contributed by atoms with van der Waals surface area (Å²) in [5, 5.41) is 3.05. The molecule has 0 saturated carbocycles. The van der Waals surface area contributed by atoms with Gasteiger partial charge in [0.05, 0.1) is 10.1 Å². The van der Waals surface area contributed by atoms with Crippen molar-refractivity contribution in [3.8, 4) is 0 Å². The van der Waals surface area contributed by atoms with E-state index in [0.29, 0.717) is 4.90 Å². The molecule has 0 radical (unpaired) electrons. The van der Waals surface area contributed by atoms with E-state index in [0.717, 1.165) is 50.9 Å². The average molecular weight is 396 g/mol. The summed E-state index contributed by atoms with van der Waals surface area (Å²) in [4.78, 5) is 5.33. The Balaban J connectivity index is 0.00000126. The normalized spacial score (nSPS) is 19.7. The van der Waals surface area contributed by atoms with E-state index in [1.165, 1.54) is 19.4 Å². The molecule has 1 N–H and O–H groups in total. The van der Waals surface area contributed by atoms with Crippen molar-refractivity contribution in [2.45, 2.75) is 50.7 Å². The Hall–Kier alpha value is -1.11. The van der Waals surface area contributed by atoms with Gasteiger partial charge in [-0.2, -0.15) is 0 Å². The zero-order valence-corrected chi connectivity index (χ0v) is 18.3.